The van der Waals surface area contributed by atoms with Gasteiger partial charge in [-0.25, -0.2) is 4.39 Å². The standard InChI is InChI=1S/C15H22FNO2/c1-11(9-10-19-4)17-14(18)15(2,3)12-5-7-13(16)8-6-12/h5-8,11H,9-10H2,1-4H3,(H,17,18). The molecule has 0 aliphatic carbocycles. The first-order valence-electron chi connectivity index (χ1n) is 6.44. The molecule has 0 aliphatic heterocycles. The number of carbonyl (C=O) groups is 1. The number of hydrogen-bond donors (Lipinski definition) is 1. The van der Waals surface area contributed by atoms with Crippen LogP contribution in [0, 0.1) is 5.82 Å². The van der Waals surface area contributed by atoms with Gasteiger partial charge in [0.15, 0.2) is 0 Å². The molecule has 0 fully saturated rings. The lowest BCUT2D eigenvalue weighted by atomic mass is 9.83. The highest BCUT2D eigenvalue weighted by Gasteiger charge is 2.30. The van der Waals surface area contributed by atoms with Gasteiger partial charge in [-0.1, -0.05) is 12.1 Å². The van der Waals surface area contributed by atoms with Crippen LogP contribution in [0.15, 0.2) is 24.3 Å². The van der Waals surface area contributed by atoms with Crippen LogP contribution >= 0.6 is 0 Å². The predicted octanol–water partition coefficient (Wildman–Crippen LogP) is 2.64. The molecule has 0 aliphatic rings. The summed E-state index contributed by atoms with van der Waals surface area (Å²) in [6.07, 6.45) is 0.766. The van der Waals surface area contributed by atoms with Crippen molar-refractivity contribution in [2.24, 2.45) is 0 Å². The Balaban J connectivity index is 2.71. The van der Waals surface area contributed by atoms with Crippen molar-refractivity contribution in [3.05, 3.63) is 35.6 Å². The first kappa shape index (κ1) is 15.6. The maximum atomic E-state index is 12.9. The molecule has 1 rings (SSSR count). The van der Waals surface area contributed by atoms with Crippen molar-refractivity contribution in [1.82, 2.24) is 5.32 Å². The predicted molar refractivity (Wildman–Crippen MR) is 73.5 cm³/mol. The maximum absolute atomic E-state index is 12.9. The molecule has 0 saturated carbocycles. The summed E-state index contributed by atoms with van der Waals surface area (Å²) in [5.74, 6) is -0.365. The van der Waals surface area contributed by atoms with E-state index in [0.29, 0.717) is 6.61 Å². The van der Waals surface area contributed by atoms with Gasteiger partial charge in [0, 0.05) is 19.8 Å². The second kappa shape index (κ2) is 6.66. The molecule has 4 heteroatoms. The lowest BCUT2D eigenvalue weighted by Gasteiger charge is -2.26. The monoisotopic (exact) mass is 267 g/mol. The van der Waals surface area contributed by atoms with E-state index in [2.05, 4.69) is 5.32 Å². The molecule has 0 bridgehead atoms. The van der Waals surface area contributed by atoms with Gasteiger partial charge in [-0.05, 0) is 44.9 Å². The highest BCUT2D eigenvalue weighted by atomic mass is 19.1. The fourth-order valence-corrected chi connectivity index (χ4v) is 1.77. The number of ether oxygens (including phenoxy) is 1. The van der Waals surface area contributed by atoms with Gasteiger partial charge in [-0.3, -0.25) is 4.79 Å². The van der Waals surface area contributed by atoms with Gasteiger partial charge in [0.05, 0.1) is 5.41 Å². The fourth-order valence-electron chi connectivity index (χ4n) is 1.77. The van der Waals surface area contributed by atoms with Crippen molar-refractivity contribution in [2.75, 3.05) is 13.7 Å². The summed E-state index contributed by atoms with van der Waals surface area (Å²) in [6.45, 7) is 6.22. The lowest BCUT2D eigenvalue weighted by Crippen LogP contribution is -2.44. The van der Waals surface area contributed by atoms with Crippen LogP contribution in [-0.2, 0) is 14.9 Å². The van der Waals surface area contributed by atoms with E-state index in [1.165, 1.54) is 12.1 Å². The molecule has 3 nitrogen and oxygen atoms in total. The highest BCUT2D eigenvalue weighted by Crippen LogP contribution is 2.23. The molecule has 1 aromatic rings. The molecular formula is C15H22FNO2. The quantitative estimate of drug-likeness (QED) is 0.860. The summed E-state index contributed by atoms with van der Waals surface area (Å²) in [5.41, 5.74) is 0.111. The summed E-state index contributed by atoms with van der Waals surface area (Å²) in [4.78, 5) is 12.3. The van der Waals surface area contributed by atoms with E-state index >= 15 is 0 Å². The van der Waals surface area contributed by atoms with E-state index in [1.807, 2.05) is 20.8 Å². The fraction of sp³-hybridized carbons (Fsp3) is 0.533. The Morgan fingerprint density at radius 2 is 1.95 bits per heavy atom. The maximum Gasteiger partial charge on any atom is 0.230 e. The first-order chi connectivity index (χ1) is 8.87. The lowest BCUT2D eigenvalue weighted by molar-refractivity contribution is -0.126. The molecule has 0 saturated heterocycles. The second-order valence-corrected chi connectivity index (χ2v) is 5.29. The second-order valence-electron chi connectivity index (χ2n) is 5.29. The summed E-state index contributed by atoms with van der Waals surface area (Å²) in [6, 6.07) is 6.09. The molecule has 0 aromatic heterocycles. The van der Waals surface area contributed by atoms with Gasteiger partial charge >= 0.3 is 0 Å². The Bertz CT molecular complexity index is 415. The molecule has 19 heavy (non-hydrogen) atoms. The molecule has 0 heterocycles. The average Bonchev–Trinajstić information content (AvgIpc) is 2.36. The number of benzene rings is 1. The molecule has 1 atom stereocenters. The molecule has 0 radical (unpaired) electrons. The van der Waals surface area contributed by atoms with E-state index in [1.54, 1.807) is 19.2 Å². The van der Waals surface area contributed by atoms with Gasteiger partial charge in [0.2, 0.25) is 5.91 Å². The largest absolute Gasteiger partial charge is 0.385 e. The zero-order valence-corrected chi connectivity index (χ0v) is 12.0. The van der Waals surface area contributed by atoms with Crippen LogP contribution in [-0.4, -0.2) is 25.7 Å². The first-order valence-corrected chi connectivity index (χ1v) is 6.44. The molecule has 1 amide bonds. The third-order valence-electron chi connectivity index (χ3n) is 3.27. The smallest absolute Gasteiger partial charge is 0.230 e. The summed E-state index contributed by atoms with van der Waals surface area (Å²) >= 11 is 0. The Morgan fingerprint density at radius 3 is 2.47 bits per heavy atom. The van der Waals surface area contributed by atoms with Crippen molar-refractivity contribution in [3.8, 4) is 0 Å². The summed E-state index contributed by atoms with van der Waals surface area (Å²) < 4.78 is 17.9. The number of carbonyl (C=O) groups excluding carboxylic acids is 1. The van der Waals surface area contributed by atoms with E-state index in [4.69, 9.17) is 4.74 Å². The number of halogens is 1. The van der Waals surface area contributed by atoms with Crippen molar-refractivity contribution in [2.45, 2.75) is 38.6 Å². The van der Waals surface area contributed by atoms with Crippen LogP contribution < -0.4 is 5.32 Å². The van der Waals surface area contributed by atoms with Crippen LogP contribution in [0.2, 0.25) is 0 Å². The normalized spacial score (nSPS) is 13.1. The van der Waals surface area contributed by atoms with E-state index in [9.17, 15) is 9.18 Å². The van der Waals surface area contributed by atoms with Crippen LogP contribution in [0.25, 0.3) is 0 Å². The topological polar surface area (TPSA) is 38.3 Å². The van der Waals surface area contributed by atoms with Crippen molar-refractivity contribution in [1.29, 1.82) is 0 Å². The molecular weight excluding hydrogens is 245 g/mol. The molecule has 106 valence electrons. The van der Waals surface area contributed by atoms with Crippen LogP contribution in [0.1, 0.15) is 32.8 Å². The van der Waals surface area contributed by atoms with Crippen LogP contribution in [0.5, 0.6) is 0 Å². The average molecular weight is 267 g/mol. The zero-order valence-electron chi connectivity index (χ0n) is 12.0. The van der Waals surface area contributed by atoms with Gasteiger partial charge in [-0.2, -0.15) is 0 Å². The van der Waals surface area contributed by atoms with Gasteiger partial charge in [0.1, 0.15) is 5.82 Å². The van der Waals surface area contributed by atoms with Crippen LogP contribution in [0.3, 0.4) is 0 Å². The zero-order chi connectivity index (χ0) is 14.5. The van der Waals surface area contributed by atoms with E-state index in [-0.39, 0.29) is 17.8 Å². The third-order valence-corrected chi connectivity index (χ3v) is 3.27. The molecule has 1 unspecified atom stereocenters. The third kappa shape index (κ3) is 4.31. The van der Waals surface area contributed by atoms with Crippen LogP contribution in [0.4, 0.5) is 4.39 Å². The number of methoxy groups -OCH3 is 1. The number of amides is 1. The van der Waals surface area contributed by atoms with Gasteiger partial charge in [-0.15, -0.1) is 0 Å². The van der Waals surface area contributed by atoms with Crippen molar-refractivity contribution in [3.63, 3.8) is 0 Å². The Hall–Kier alpha value is -1.42. The SMILES string of the molecule is COCCC(C)NC(=O)C(C)(C)c1ccc(F)cc1. The summed E-state index contributed by atoms with van der Waals surface area (Å²) in [7, 11) is 1.64. The van der Waals surface area contributed by atoms with E-state index < -0.39 is 5.41 Å². The molecule has 0 spiro atoms. The highest BCUT2D eigenvalue weighted by molar-refractivity contribution is 5.87. The number of nitrogens with one attached hydrogen (secondary N) is 1. The number of rotatable bonds is 6. The van der Waals surface area contributed by atoms with Gasteiger partial charge < -0.3 is 10.1 Å². The van der Waals surface area contributed by atoms with Gasteiger partial charge in [0.25, 0.3) is 0 Å². The summed E-state index contributed by atoms with van der Waals surface area (Å²) in [5, 5.41) is 2.96. The van der Waals surface area contributed by atoms with Crippen molar-refractivity contribution >= 4 is 5.91 Å². The van der Waals surface area contributed by atoms with E-state index in [0.717, 1.165) is 12.0 Å². The Labute approximate surface area is 114 Å². The minimum Gasteiger partial charge on any atom is -0.385 e. The Morgan fingerprint density at radius 1 is 1.37 bits per heavy atom. The van der Waals surface area contributed by atoms with Crippen molar-refractivity contribution < 1.29 is 13.9 Å². The minimum absolute atomic E-state index is 0.0483. The Kier molecular flexibility index (Phi) is 5.48. The molecule has 1 N–H and O–H groups in total. The molecule has 1 aromatic carbocycles. The number of hydrogen-bond acceptors (Lipinski definition) is 2. The minimum atomic E-state index is -0.685.